The number of hydrogen-bond donors (Lipinski definition) is 0. The first-order valence-electron chi connectivity index (χ1n) is 7.23. The van der Waals surface area contributed by atoms with Gasteiger partial charge < -0.3 is 0 Å². The first-order chi connectivity index (χ1) is 9.85. The summed E-state index contributed by atoms with van der Waals surface area (Å²) in [7, 11) is 0. The zero-order chi connectivity index (χ0) is 14.2. The normalized spacial score (nSPS) is 10.7. The van der Waals surface area contributed by atoms with Gasteiger partial charge in [-0.3, -0.25) is 0 Å². The standard InChI is InChI=1S/C18H22O2/c1-3-15-9-5-7-11-17(15)13-19-20-14-18-12-8-6-10-16(18)4-2/h5-12H,3-4,13-14H2,1-2H3. The minimum absolute atomic E-state index is 0.498. The third-order valence-electron chi connectivity index (χ3n) is 3.51. The van der Waals surface area contributed by atoms with Crippen molar-refractivity contribution in [2.45, 2.75) is 39.9 Å². The maximum atomic E-state index is 5.37. The largest absolute Gasteiger partial charge is 0.232 e. The molecular weight excluding hydrogens is 248 g/mol. The molecule has 0 bridgehead atoms. The van der Waals surface area contributed by atoms with Crippen molar-refractivity contribution >= 4 is 0 Å². The van der Waals surface area contributed by atoms with Gasteiger partial charge in [0.25, 0.3) is 0 Å². The first kappa shape index (κ1) is 14.8. The summed E-state index contributed by atoms with van der Waals surface area (Å²) in [6.07, 6.45) is 2.02. The van der Waals surface area contributed by atoms with Crippen LogP contribution in [0, 0.1) is 0 Å². The molecule has 2 aromatic carbocycles. The SMILES string of the molecule is CCc1ccccc1COOCc1ccccc1CC. The average Bonchev–Trinajstić information content (AvgIpc) is 2.52. The Balaban J connectivity index is 1.84. The van der Waals surface area contributed by atoms with Crippen molar-refractivity contribution in [1.29, 1.82) is 0 Å². The van der Waals surface area contributed by atoms with Crippen LogP contribution in [0.3, 0.4) is 0 Å². The number of aryl methyl sites for hydroxylation is 2. The molecule has 0 radical (unpaired) electrons. The van der Waals surface area contributed by atoms with Crippen LogP contribution >= 0.6 is 0 Å². The topological polar surface area (TPSA) is 18.5 Å². The van der Waals surface area contributed by atoms with E-state index in [2.05, 4.69) is 50.2 Å². The molecular formula is C18H22O2. The first-order valence-corrected chi connectivity index (χ1v) is 7.23. The fraction of sp³-hybridized carbons (Fsp3) is 0.333. The van der Waals surface area contributed by atoms with Crippen molar-refractivity contribution in [2.24, 2.45) is 0 Å². The van der Waals surface area contributed by atoms with E-state index in [1.54, 1.807) is 0 Å². The molecule has 20 heavy (non-hydrogen) atoms. The summed E-state index contributed by atoms with van der Waals surface area (Å²) in [5.41, 5.74) is 5.01. The van der Waals surface area contributed by atoms with Crippen molar-refractivity contribution in [2.75, 3.05) is 0 Å². The molecule has 0 N–H and O–H groups in total. The molecule has 0 aromatic heterocycles. The van der Waals surface area contributed by atoms with E-state index in [1.807, 2.05) is 12.1 Å². The highest BCUT2D eigenvalue weighted by Gasteiger charge is 2.02. The second kappa shape index (κ2) is 7.83. The molecule has 2 heteroatoms. The summed E-state index contributed by atoms with van der Waals surface area (Å²) in [6, 6.07) is 16.6. The van der Waals surface area contributed by atoms with E-state index < -0.39 is 0 Å². The lowest BCUT2D eigenvalue weighted by Gasteiger charge is -2.10. The van der Waals surface area contributed by atoms with E-state index >= 15 is 0 Å². The molecule has 0 aliphatic carbocycles. The van der Waals surface area contributed by atoms with Gasteiger partial charge in [-0.2, -0.15) is 0 Å². The van der Waals surface area contributed by atoms with Gasteiger partial charge in [0.05, 0.1) is 0 Å². The van der Waals surface area contributed by atoms with Crippen LogP contribution in [-0.4, -0.2) is 0 Å². The van der Waals surface area contributed by atoms with Crippen molar-refractivity contribution in [3.05, 3.63) is 70.8 Å². The molecule has 0 spiro atoms. The summed E-state index contributed by atoms with van der Waals surface area (Å²) in [6.45, 7) is 5.30. The Labute approximate surface area is 121 Å². The quantitative estimate of drug-likeness (QED) is 0.420. The summed E-state index contributed by atoms with van der Waals surface area (Å²) in [5, 5.41) is 0. The third-order valence-corrected chi connectivity index (χ3v) is 3.51. The van der Waals surface area contributed by atoms with Crippen LogP contribution in [0.1, 0.15) is 36.1 Å². The Hall–Kier alpha value is -1.64. The fourth-order valence-corrected chi connectivity index (χ4v) is 2.30. The van der Waals surface area contributed by atoms with Crippen LogP contribution in [0.5, 0.6) is 0 Å². The Bertz CT molecular complexity index is 485. The predicted molar refractivity (Wildman–Crippen MR) is 81.2 cm³/mol. The molecule has 0 aliphatic rings. The maximum Gasteiger partial charge on any atom is 0.108 e. The maximum absolute atomic E-state index is 5.37. The molecule has 0 heterocycles. The predicted octanol–water partition coefficient (Wildman–Crippen LogP) is 4.46. The van der Waals surface area contributed by atoms with E-state index in [4.69, 9.17) is 9.78 Å². The second-order valence-electron chi connectivity index (χ2n) is 4.77. The fourth-order valence-electron chi connectivity index (χ4n) is 2.30. The lowest BCUT2D eigenvalue weighted by atomic mass is 10.1. The highest BCUT2D eigenvalue weighted by Crippen LogP contribution is 2.13. The minimum Gasteiger partial charge on any atom is -0.232 e. The van der Waals surface area contributed by atoms with Crippen LogP contribution in [-0.2, 0) is 35.8 Å². The van der Waals surface area contributed by atoms with Crippen LogP contribution in [0.15, 0.2) is 48.5 Å². The van der Waals surface area contributed by atoms with Gasteiger partial charge in [-0.25, -0.2) is 9.78 Å². The van der Waals surface area contributed by atoms with Gasteiger partial charge in [-0.1, -0.05) is 62.4 Å². The molecule has 0 fully saturated rings. The highest BCUT2D eigenvalue weighted by molar-refractivity contribution is 5.27. The number of rotatable bonds is 7. The number of hydrogen-bond acceptors (Lipinski definition) is 2. The van der Waals surface area contributed by atoms with Gasteiger partial charge in [0.2, 0.25) is 0 Å². The summed E-state index contributed by atoms with van der Waals surface area (Å²) in [5.74, 6) is 0. The lowest BCUT2D eigenvalue weighted by molar-refractivity contribution is -0.313. The molecule has 0 saturated carbocycles. The van der Waals surface area contributed by atoms with Gasteiger partial charge in [-0.05, 0) is 35.1 Å². The Morgan fingerprint density at radius 1 is 0.600 bits per heavy atom. The van der Waals surface area contributed by atoms with E-state index in [1.165, 1.54) is 22.3 Å². The zero-order valence-corrected chi connectivity index (χ0v) is 12.3. The van der Waals surface area contributed by atoms with Gasteiger partial charge in [-0.15, -0.1) is 0 Å². The van der Waals surface area contributed by atoms with Crippen molar-refractivity contribution in [1.82, 2.24) is 0 Å². The zero-order valence-electron chi connectivity index (χ0n) is 12.3. The van der Waals surface area contributed by atoms with Crippen LogP contribution in [0.4, 0.5) is 0 Å². The molecule has 0 unspecified atom stereocenters. The van der Waals surface area contributed by atoms with Gasteiger partial charge in [0.15, 0.2) is 0 Å². The minimum atomic E-state index is 0.498. The van der Waals surface area contributed by atoms with Crippen LogP contribution in [0.25, 0.3) is 0 Å². The lowest BCUT2D eigenvalue weighted by Crippen LogP contribution is -2.01. The number of benzene rings is 2. The van der Waals surface area contributed by atoms with E-state index in [9.17, 15) is 0 Å². The van der Waals surface area contributed by atoms with Crippen molar-refractivity contribution in [3.8, 4) is 0 Å². The second-order valence-corrected chi connectivity index (χ2v) is 4.77. The van der Waals surface area contributed by atoms with E-state index in [-0.39, 0.29) is 0 Å². The molecule has 0 atom stereocenters. The smallest absolute Gasteiger partial charge is 0.108 e. The summed E-state index contributed by atoms with van der Waals surface area (Å²) >= 11 is 0. The summed E-state index contributed by atoms with van der Waals surface area (Å²) in [4.78, 5) is 10.7. The average molecular weight is 270 g/mol. The third kappa shape index (κ3) is 3.92. The van der Waals surface area contributed by atoms with E-state index in [0.29, 0.717) is 13.2 Å². The molecule has 0 amide bonds. The Morgan fingerprint density at radius 2 is 0.950 bits per heavy atom. The van der Waals surface area contributed by atoms with Gasteiger partial charge in [0, 0.05) is 0 Å². The van der Waals surface area contributed by atoms with Crippen molar-refractivity contribution < 1.29 is 9.78 Å². The molecule has 0 saturated heterocycles. The van der Waals surface area contributed by atoms with Crippen LogP contribution < -0.4 is 0 Å². The molecule has 106 valence electrons. The van der Waals surface area contributed by atoms with Gasteiger partial charge >= 0.3 is 0 Å². The van der Waals surface area contributed by atoms with Crippen LogP contribution in [0.2, 0.25) is 0 Å². The molecule has 2 aromatic rings. The molecule has 2 nitrogen and oxygen atoms in total. The molecule has 2 rings (SSSR count). The monoisotopic (exact) mass is 270 g/mol. The molecule has 0 aliphatic heterocycles. The van der Waals surface area contributed by atoms with Gasteiger partial charge in [0.1, 0.15) is 13.2 Å². The summed E-state index contributed by atoms with van der Waals surface area (Å²) < 4.78 is 0. The Kier molecular flexibility index (Phi) is 5.78. The Morgan fingerprint density at radius 3 is 1.30 bits per heavy atom. The van der Waals surface area contributed by atoms with Crippen molar-refractivity contribution in [3.63, 3.8) is 0 Å². The highest BCUT2D eigenvalue weighted by atomic mass is 17.2. The van der Waals surface area contributed by atoms with E-state index in [0.717, 1.165) is 12.8 Å².